The first-order valence-corrected chi connectivity index (χ1v) is 9.90. The van der Waals surface area contributed by atoms with Crippen molar-refractivity contribution in [2.75, 3.05) is 51.6 Å². The number of piperazine rings is 1. The predicted molar refractivity (Wildman–Crippen MR) is 107 cm³/mol. The minimum Gasteiger partial charge on any atom is -0.369 e. The van der Waals surface area contributed by atoms with Gasteiger partial charge in [0.2, 0.25) is 11.8 Å². The van der Waals surface area contributed by atoms with E-state index in [0.29, 0.717) is 13.1 Å². The molecule has 2 heterocycles. The minimum absolute atomic E-state index is 0.0431. The molecule has 0 spiro atoms. The second-order valence-electron chi connectivity index (χ2n) is 7.63. The van der Waals surface area contributed by atoms with E-state index in [1.165, 1.54) is 17.0 Å². The van der Waals surface area contributed by atoms with Gasteiger partial charge < -0.3 is 25.8 Å². The van der Waals surface area contributed by atoms with Crippen LogP contribution < -0.4 is 11.1 Å². The fourth-order valence-electron chi connectivity index (χ4n) is 3.67. The van der Waals surface area contributed by atoms with Gasteiger partial charge in [0.05, 0.1) is 16.9 Å². The van der Waals surface area contributed by atoms with E-state index in [9.17, 15) is 18.8 Å². The van der Waals surface area contributed by atoms with Gasteiger partial charge in [0.25, 0.3) is 0 Å². The maximum atomic E-state index is 13.6. The number of hydrogen-bond donors (Lipinski definition) is 2. The average molecular weight is 426 g/mol. The molecule has 3 N–H and O–H groups in total. The number of amides is 4. The summed E-state index contributed by atoms with van der Waals surface area (Å²) in [6.45, 7) is 3.09. The lowest BCUT2D eigenvalue weighted by Gasteiger charge is -2.40. The first-order valence-electron chi connectivity index (χ1n) is 9.52. The number of likely N-dealkylation sites (N-methyl/N-ethyl adjacent to an activating group) is 1. The number of nitrogens with one attached hydrogen (secondary N) is 1. The van der Waals surface area contributed by atoms with E-state index >= 15 is 0 Å². The zero-order chi connectivity index (χ0) is 21.1. The molecule has 10 heteroatoms. The summed E-state index contributed by atoms with van der Waals surface area (Å²) in [6.07, 6.45) is 0.240. The third-order valence-corrected chi connectivity index (χ3v) is 5.76. The first kappa shape index (κ1) is 21.3. The lowest BCUT2D eigenvalue weighted by Crippen LogP contribution is -2.57. The van der Waals surface area contributed by atoms with E-state index in [1.54, 1.807) is 4.90 Å². The standard InChI is InChI=1S/C19H25ClFN5O3/c1-24-4-6-25(7-5-24)19(29)26-10-12(17(22)27)8-13(11-26)18(28)23-14-2-3-15(20)16(21)9-14/h2-3,9,12-13H,4-8,10-11H2,1H3,(H2,22,27)(H,23,28)/t12-,13+/m1/s1. The Morgan fingerprint density at radius 3 is 2.38 bits per heavy atom. The van der Waals surface area contributed by atoms with Crippen molar-refractivity contribution in [3.8, 4) is 0 Å². The first-order chi connectivity index (χ1) is 13.7. The Balaban J connectivity index is 1.70. The highest BCUT2D eigenvalue weighted by Gasteiger charge is 2.38. The molecule has 0 aliphatic carbocycles. The summed E-state index contributed by atoms with van der Waals surface area (Å²) in [6, 6.07) is 3.77. The summed E-state index contributed by atoms with van der Waals surface area (Å²) in [5.74, 6) is -2.82. The number of nitrogens with zero attached hydrogens (tertiary/aromatic N) is 3. The number of anilines is 1. The quantitative estimate of drug-likeness (QED) is 0.760. The van der Waals surface area contributed by atoms with Crippen LogP contribution in [0.1, 0.15) is 6.42 Å². The van der Waals surface area contributed by atoms with Crippen LogP contribution in [0.4, 0.5) is 14.9 Å². The number of hydrogen-bond acceptors (Lipinski definition) is 4. The van der Waals surface area contributed by atoms with Crippen molar-refractivity contribution in [3.05, 3.63) is 29.0 Å². The van der Waals surface area contributed by atoms with Gasteiger partial charge >= 0.3 is 6.03 Å². The molecular formula is C19H25ClFN5O3. The number of piperidine rings is 1. The monoisotopic (exact) mass is 425 g/mol. The molecule has 2 fully saturated rings. The highest BCUT2D eigenvalue weighted by atomic mass is 35.5. The topological polar surface area (TPSA) is 99.0 Å². The van der Waals surface area contributed by atoms with E-state index in [4.69, 9.17) is 17.3 Å². The van der Waals surface area contributed by atoms with Crippen LogP contribution in [0.25, 0.3) is 0 Å². The lowest BCUT2D eigenvalue weighted by atomic mass is 9.88. The zero-order valence-corrected chi connectivity index (χ0v) is 17.0. The van der Waals surface area contributed by atoms with Crippen molar-refractivity contribution < 1.29 is 18.8 Å². The van der Waals surface area contributed by atoms with E-state index in [-0.39, 0.29) is 36.3 Å². The van der Waals surface area contributed by atoms with Crippen molar-refractivity contribution in [1.82, 2.24) is 14.7 Å². The summed E-state index contributed by atoms with van der Waals surface area (Å²) in [7, 11) is 1.99. The summed E-state index contributed by atoms with van der Waals surface area (Å²) in [5, 5.41) is 2.59. The maximum absolute atomic E-state index is 13.6. The molecule has 1 aromatic carbocycles. The molecule has 0 radical (unpaired) electrons. The van der Waals surface area contributed by atoms with Crippen LogP contribution in [0.5, 0.6) is 0 Å². The molecule has 0 saturated carbocycles. The number of urea groups is 1. The van der Waals surface area contributed by atoms with Crippen LogP contribution in [0.3, 0.4) is 0 Å². The molecule has 2 aliphatic rings. The van der Waals surface area contributed by atoms with Crippen LogP contribution >= 0.6 is 11.6 Å². The summed E-state index contributed by atoms with van der Waals surface area (Å²) in [5.41, 5.74) is 5.74. The minimum atomic E-state index is -0.644. The van der Waals surface area contributed by atoms with Crippen LogP contribution in [0.2, 0.25) is 5.02 Å². The van der Waals surface area contributed by atoms with Gasteiger partial charge in [-0.3, -0.25) is 9.59 Å². The van der Waals surface area contributed by atoms with Crippen LogP contribution in [0.15, 0.2) is 18.2 Å². The van der Waals surface area contributed by atoms with Crippen LogP contribution in [0, 0.1) is 17.7 Å². The number of carbonyl (C=O) groups is 3. The fourth-order valence-corrected chi connectivity index (χ4v) is 3.78. The molecule has 2 atom stereocenters. The molecule has 29 heavy (non-hydrogen) atoms. The molecule has 158 valence electrons. The number of nitrogens with two attached hydrogens (primary N) is 1. The van der Waals surface area contributed by atoms with Crippen molar-refractivity contribution in [2.24, 2.45) is 17.6 Å². The molecule has 2 saturated heterocycles. The largest absolute Gasteiger partial charge is 0.369 e. The summed E-state index contributed by atoms with van der Waals surface area (Å²) >= 11 is 5.67. The van der Waals surface area contributed by atoms with E-state index in [1.807, 2.05) is 7.05 Å². The van der Waals surface area contributed by atoms with Gasteiger partial charge in [-0.15, -0.1) is 0 Å². The number of primary amides is 1. The Hall–Kier alpha value is -2.39. The van der Waals surface area contributed by atoms with E-state index in [2.05, 4.69) is 10.2 Å². The fraction of sp³-hybridized carbons (Fsp3) is 0.526. The van der Waals surface area contributed by atoms with Gasteiger partial charge in [0, 0.05) is 45.0 Å². The zero-order valence-electron chi connectivity index (χ0n) is 16.2. The molecule has 0 unspecified atom stereocenters. The van der Waals surface area contributed by atoms with Gasteiger partial charge in [0.15, 0.2) is 0 Å². The molecule has 1 aromatic rings. The highest BCUT2D eigenvalue weighted by molar-refractivity contribution is 6.30. The molecule has 4 amide bonds. The lowest BCUT2D eigenvalue weighted by molar-refractivity contribution is -0.127. The molecular weight excluding hydrogens is 401 g/mol. The van der Waals surface area contributed by atoms with E-state index in [0.717, 1.165) is 19.2 Å². The molecule has 8 nitrogen and oxygen atoms in total. The van der Waals surface area contributed by atoms with Crippen molar-refractivity contribution in [3.63, 3.8) is 0 Å². The van der Waals surface area contributed by atoms with Gasteiger partial charge in [0.1, 0.15) is 5.82 Å². The Morgan fingerprint density at radius 2 is 1.76 bits per heavy atom. The second-order valence-corrected chi connectivity index (χ2v) is 8.04. The van der Waals surface area contributed by atoms with Crippen molar-refractivity contribution in [1.29, 1.82) is 0 Å². The van der Waals surface area contributed by atoms with Gasteiger partial charge in [-0.2, -0.15) is 0 Å². The van der Waals surface area contributed by atoms with Crippen molar-refractivity contribution in [2.45, 2.75) is 6.42 Å². The third-order valence-electron chi connectivity index (χ3n) is 5.46. The number of likely N-dealkylation sites (tertiary alicyclic amines) is 1. The van der Waals surface area contributed by atoms with Crippen LogP contribution in [-0.4, -0.2) is 78.9 Å². The summed E-state index contributed by atoms with van der Waals surface area (Å²) in [4.78, 5) is 42.9. The number of halogens is 2. The SMILES string of the molecule is CN1CCN(C(=O)N2C[C@H](C(N)=O)C[C@H](C(=O)Nc3ccc(Cl)c(F)c3)C2)CC1. The Labute approximate surface area is 173 Å². The highest BCUT2D eigenvalue weighted by Crippen LogP contribution is 2.25. The molecule has 2 aliphatic heterocycles. The molecule has 0 bridgehead atoms. The number of benzene rings is 1. The Morgan fingerprint density at radius 1 is 1.10 bits per heavy atom. The predicted octanol–water partition coefficient (Wildman–Crippen LogP) is 1.21. The van der Waals surface area contributed by atoms with Gasteiger partial charge in [-0.25, -0.2) is 9.18 Å². The van der Waals surface area contributed by atoms with Gasteiger partial charge in [-0.1, -0.05) is 11.6 Å². The summed E-state index contributed by atoms with van der Waals surface area (Å²) < 4.78 is 13.6. The molecule has 0 aromatic heterocycles. The third kappa shape index (κ3) is 5.16. The second kappa shape index (κ2) is 8.96. The Kier molecular flexibility index (Phi) is 6.59. The van der Waals surface area contributed by atoms with Gasteiger partial charge in [-0.05, 0) is 31.7 Å². The maximum Gasteiger partial charge on any atom is 0.320 e. The van der Waals surface area contributed by atoms with Crippen molar-refractivity contribution >= 4 is 35.1 Å². The Bertz CT molecular complexity index is 800. The normalized spacial score (nSPS) is 23.0. The number of carbonyl (C=O) groups excluding carboxylic acids is 3. The molecule has 3 rings (SSSR count). The average Bonchev–Trinajstić information content (AvgIpc) is 2.70. The number of rotatable bonds is 3. The van der Waals surface area contributed by atoms with Crippen LogP contribution in [-0.2, 0) is 9.59 Å². The smallest absolute Gasteiger partial charge is 0.320 e. The van der Waals surface area contributed by atoms with E-state index < -0.39 is 29.5 Å².